The zero-order valence-electron chi connectivity index (χ0n) is 12.2. The Morgan fingerprint density at radius 1 is 1.24 bits per heavy atom. The minimum absolute atomic E-state index is 0.286. The van der Waals surface area contributed by atoms with Crippen molar-refractivity contribution in [2.45, 2.75) is 32.7 Å². The number of hydrogen-bond donors (Lipinski definition) is 1. The molecule has 0 aliphatic heterocycles. The first-order valence-corrected chi connectivity index (χ1v) is 7.76. The van der Waals surface area contributed by atoms with Gasteiger partial charge in [0, 0.05) is 23.1 Å². The summed E-state index contributed by atoms with van der Waals surface area (Å²) in [5, 5.41) is 13.9. The second-order valence-corrected chi connectivity index (χ2v) is 6.37. The quantitative estimate of drug-likeness (QED) is 0.863. The Kier molecular flexibility index (Phi) is 5.17. The van der Waals surface area contributed by atoms with E-state index in [0.717, 1.165) is 15.7 Å². The maximum absolute atomic E-state index is 11.5. The van der Waals surface area contributed by atoms with Gasteiger partial charge in [0.15, 0.2) is 0 Å². The summed E-state index contributed by atoms with van der Waals surface area (Å²) < 4.78 is 2.85. The molecule has 2 rings (SSSR count). The molecular formula is C16H19BrN2O2. The fourth-order valence-electron chi connectivity index (χ4n) is 2.18. The molecule has 0 spiro atoms. The molecular weight excluding hydrogens is 332 g/mol. The van der Waals surface area contributed by atoms with Crippen molar-refractivity contribution in [1.29, 1.82) is 0 Å². The van der Waals surface area contributed by atoms with Crippen molar-refractivity contribution in [3.05, 3.63) is 52.3 Å². The number of aromatic nitrogens is 2. The van der Waals surface area contributed by atoms with Crippen LogP contribution in [0.3, 0.4) is 0 Å². The maximum atomic E-state index is 11.5. The van der Waals surface area contributed by atoms with Crippen molar-refractivity contribution in [2.75, 3.05) is 0 Å². The number of hydrogen-bond acceptors (Lipinski definition) is 2. The van der Waals surface area contributed by atoms with Crippen molar-refractivity contribution >= 4 is 21.9 Å². The van der Waals surface area contributed by atoms with Gasteiger partial charge in [0.05, 0.1) is 11.6 Å². The molecule has 0 fully saturated rings. The van der Waals surface area contributed by atoms with E-state index in [4.69, 9.17) is 0 Å². The normalized spacial score (nSPS) is 12.6. The lowest BCUT2D eigenvalue weighted by atomic mass is 9.95. The van der Waals surface area contributed by atoms with Gasteiger partial charge in [-0.2, -0.15) is 5.10 Å². The molecule has 1 heterocycles. The fraction of sp³-hybridized carbons (Fsp3) is 0.375. The SMILES string of the molecule is CC(C)n1ccc(CC(Cc2ccc(Br)cc2)C(=O)O)n1. The molecule has 0 saturated heterocycles. The van der Waals surface area contributed by atoms with Gasteiger partial charge in [0.25, 0.3) is 0 Å². The summed E-state index contributed by atoms with van der Waals surface area (Å²) in [7, 11) is 0. The van der Waals surface area contributed by atoms with E-state index in [1.54, 1.807) is 0 Å². The van der Waals surface area contributed by atoms with Crippen molar-refractivity contribution in [3.8, 4) is 0 Å². The predicted octanol–water partition coefficient (Wildman–Crippen LogP) is 3.71. The van der Waals surface area contributed by atoms with Gasteiger partial charge >= 0.3 is 5.97 Å². The highest BCUT2D eigenvalue weighted by molar-refractivity contribution is 9.10. The highest BCUT2D eigenvalue weighted by Gasteiger charge is 2.20. The molecule has 1 unspecified atom stereocenters. The minimum atomic E-state index is -0.781. The van der Waals surface area contributed by atoms with E-state index in [-0.39, 0.29) is 6.04 Å². The summed E-state index contributed by atoms with van der Waals surface area (Å²) >= 11 is 3.38. The molecule has 0 saturated carbocycles. The molecule has 2 aromatic rings. The second kappa shape index (κ2) is 6.89. The van der Waals surface area contributed by atoms with Crippen LogP contribution in [-0.4, -0.2) is 20.9 Å². The summed E-state index contributed by atoms with van der Waals surface area (Å²) in [6, 6.07) is 9.95. The zero-order valence-corrected chi connectivity index (χ0v) is 13.7. The molecule has 1 aromatic heterocycles. The topological polar surface area (TPSA) is 55.1 Å². The number of aliphatic carboxylic acids is 1. The highest BCUT2D eigenvalue weighted by Crippen LogP contribution is 2.17. The standard InChI is InChI=1S/C16H19BrN2O2/c1-11(2)19-8-7-15(18-19)10-13(16(20)21)9-12-3-5-14(17)6-4-12/h3-8,11,13H,9-10H2,1-2H3,(H,20,21). The zero-order chi connectivity index (χ0) is 15.4. The van der Waals surface area contributed by atoms with Crippen LogP contribution in [0.2, 0.25) is 0 Å². The van der Waals surface area contributed by atoms with Crippen LogP contribution in [0.5, 0.6) is 0 Å². The van der Waals surface area contributed by atoms with Gasteiger partial charge in [-0.1, -0.05) is 28.1 Å². The van der Waals surface area contributed by atoms with Gasteiger partial charge in [-0.25, -0.2) is 0 Å². The summed E-state index contributed by atoms with van der Waals surface area (Å²) in [5.41, 5.74) is 1.85. The third-order valence-corrected chi connectivity index (χ3v) is 3.92. The molecule has 0 bridgehead atoms. The number of carboxylic acids is 1. The molecule has 1 N–H and O–H groups in total. The van der Waals surface area contributed by atoms with Crippen LogP contribution >= 0.6 is 15.9 Å². The van der Waals surface area contributed by atoms with Crippen molar-refractivity contribution < 1.29 is 9.90 Å². The minimum Gasteiger partial charge on any atom is -0.481 e. The second-order valence-electron chi connectivity index (χ2n) is 5.45. The summed E-state index contributed by atoms with van der Waals surface area (Å²) in [6.45, 7) is 4.10. The molecule has 21 heavy (non-hydrogen) atoms. The van der Waals surface area contributed by atoms with Crippen LogP contribution in [0, 0.1) is 5.92 Å². The van der Waals surface area contributed by atoms with Gasteiger partial charge in [-0.05, 0) is 44.0 Å². The van der Waals surface area contributed by atoms with Crippen molar-refractivity contribution in [2.24, 2.45) is 5.92 Å². The van der Waals surface area contributed by atoms with E-state index in [2.05, 4.69) is 21.0 Å². The smallest absolute Gasteiger partial charge is 0.307 e. The number of carboxylic acid groups (broad SMARTS) is 1. The Morgan fingerprint density at radius 2 is 1.90 bits per heavy atom. The van der Waals surface area contributed by atoms with E-state index < -0.39 is 11.9 Å². The molecule has 1 atom stereocenters. The van der Waals surface area contributed by atoms with Gasteiger partial charge < -0.3 is 5.11 Å². The monoisotopic (exact) mass is 350 g/mol. The van der Waals surface area contributed by atoms with Gasteiger partial charge in [-0.3, -0.25) is 9.48 Å². The molecule has 5 heteroatoms. The van der Waals surface area contributed by atoms with Crippen molar-refractivity contribution in [1.82, 2.24) is 9.78 Å². The van der Waals surface area contributed by atoms with Gasteiger partial charge in [0.2, 0.25) is 0 Å². The number of halogens is 1. The lowest BCUT2D eigenvalue weighted by Crippen LogP contribution is -2.19. The molecule has 0 aliphatic rings. The Bertz CT molecular complexity index is 605. The van der Waals surface area contributed by atoms with Crippen LogP contribution in [0.1, 0.15) is 31.1 Å². The Hall–Kier alpha value is -1.62. The first-order valence-electron chi connectivity index (χ1n) is 6.97. The lowest BCUT2D eigenvalue weighted by Gasteiger charge is -2.11. The third-order valence-electron chi connectivity index (χ3n) is 3.39. The summed E-state index contributed by atoms with van der Waals surface area (Å²) in [4.78, 5) is 11.5. The van der Waals surface area contributed by atoms with Crippen LogP contribution < -0.4 is 0 Å². The molecule has 1 aromatic carbocycles. The number of benzene rings is 1. The average molecular weight is 351 g/mol. The lowest BCUT2D eigenvalue weighted by molar-refractivity contribution is -0.141. The number of rotatable bonds is 6. The van der Waals surface area contributed by atoms with Crippen LogP contribution in [0.25, 0.3) is 0 Å². The maximum Gasteiger partial charge on any atom is 0.307 e. The summed E-state index contributed by atoms with van der Waals surface area (Å²) in [5.74, 6) is -1.24. The Morgan fingerprint density at radius 3 is 2.43 bits per heavy atom. The number of nitrogens with zero attached hydrogens (tertiary/aromatic N) is 2. The molecule has 0 radical (unpaired) electrons. The Labute approximate surface area is 132 Å². The van der Waals surface area contributed by atoms with E-state index >= 15 is 0 Å². The number of carbonyl (C=O) groups is 1. The summed E-state index contributed by atoms with van der Waals surface area (Å²) in [6.07, 6.45) is 2.86. The van der Waals surface area contributed by atoms with E-state index in [1.807, 2.05) is 55.1 Å². The first kappa shape index (κ1) is 15.8. The van der Waals surface area contributed by atoms with Gasteiger partial charge in [-0.15, -0.1) is 0 Å². The molecule has 0 aliphatic carbocycles. The molecule has 0 amide bonds. The highest BCUT2D eigenvalue weighted by atomic mass is 79.9. The van der Waals surface area contributed by atoms with Crippen molar-refractivity contribution in [3.63, 3.8) is 0 Å². The molecule has 4 nitrogen and oxygen atoms in total. The average Bonchev–Trinajstić information content (AvgIpc) is 2.89. The van der Waals surface area contributed by atoms with E-state index in [0.29, 0.717) is 12.8 Å². The van der Waals surface area contributed by atoms with E-state index in [1.165, 1.54) is 0 Å². The van der Waals surface area contributed by atoms with Gasteiger partial charge in [0.1, 0.15) is 0 Å². The Balaban J connectivity index is 2.08. The molecule has 112 valence electrons. The third kappa shape index (κ3) is 4.43. The van der Waals surface area contributed by atoms with E-state index in [9.17, 15) is 9.90 Å². The fourth-order valence-corrected chi connectivity index (χ4v) is 2.44. The first-order chi connectivity index (χ1) is 9.95. The van der Waals surface area contributed by atoms with Crippen LogP contribution in [0.15, 0.2) is 41.0 Å². The van der Waals surface area contributed by atoms with Crippen LogP contribution in [0.4, 0.5) is 0 Å². The van der Waals surface area contributed by atoms with Crippen LogP contribution in [-0.2, 0) is 17.6 Å². The largest absolute Gasteiger partial charge is 0.481 e. The predicted molar refractivity (Wildman–Crippen MR) is 85.3 cm³/mol.